The number of rotatable bonds is 3. The van der Waals surface area contributed by atoms with Crippen LogP contribution in [0, 0.1) is 6.92 Å². The highest BCUT2D eigenvalue weighted by molar-refractivity contribution is 6.33. The van der Waals surface area contributed by atoms with E-state index in [1.54, 1.807) is 31.2 Å². The molecule has 1 aromatic heterocycles. The Morgan fingerprint density at radius 1 is 1.42 bits per heavy atom. The van der Waals surface area contributed by atoms with Gasteiger partial charge in [-0.1, -0.05) is 35.0 Å². The number of aliphatic carboxylic acids is 1. The topological polar surface area (TPSA) is 95.7 Å². The Morgan fingerprint density at radius 2 is 2.17 bits per heavy atom. The van der Waals surface area contributed by atoms with Gasteiger partial charge in [0.2, 0.25) is 0 Å². The van der Waals surface area contributed by atoms with Gasteiger partial charge in [0.15, 0.2) is 0 Å². The van der Waals surface area contributed by atoms with Gasteiger partial charge in [0.25, 0.3) is 5.91 Å². The van der Waals surface area contributed by atoms with Crippen molar-refractivity contribution in [2.75, 3.05) is 19.6 Å². The van der Waals surface area contributed by atoms with Crippen molar-refractivity contribution in [3.05, 3.63) is 40.6 Å². The van der Waals surface area contributed by atoms with Crippen LogP contribution >= 0.6 is 11.6 Å². The fourth-order valence-corrected chi connectivity index (χ4v) is 2.94. The van der Waals surface area contributed by atoms with Gasteiger partial charge >= 0.3 is 5.97 Å². The number of carbonyl (C=O) groups is 2. The first-order valence-corrected chi connectivity index (χ1v) is 7.83. The fourth-order valence-electron chi connectivity index (χ4n) is 2.72. The van der Waals surface area contributed by atoms with Crippen LogP contribution in [0.3, 0.4) is 0 Å². The lowest BCUT2D eigenvalue weighted by Gasteiger charge is -2.31. The lowest BCUT2D eigenvalue weighted by Crippen LogP contribution is -2.55. The van der Waals surface area contributed by atoms with Crippen LogP contribution in [0.1, 0.15) is 16.1 Å². The highest BCUT2D eigenvalue weighted by Gasteiger charge is 2.32. The molecule has 7 nitrogen and oxygen atoms in total. The Labute approximate surface area is 143 Å². The molecule has 1 amide bonds. The van der Waals surface area contributed by atoms with E-state index in [0.717, 1.165) is 0 Å². The molecule has 1 aliphatic heterocycles. The van der Waals surface area contributed by atoms with Crippen molar-refractivity contribution in [1.29, 1.82) is 0 Å². The average molecular weight is 350 g/mol. The van der Waals surface area contributed by atoms with Crippen LogP contribution in [0.2, 0.25) is 5.02 Å². The predicted octanol–water partition coefficient (Wildman–Crippen LogP) is 1.80. The summed E-state index contributed by atoms with van der Waals surface area (Å²) in [4.78, 5) is 25.6. The Kier molecular flexibility index (Phi) is 4.55. The number of nitrogens with one attached hydrogen (secondary N) is 1. The molecule has 1 aliphatic rings. The third-order valence-corrected chi connectivity index (χ3v) is 4.30. The molecule has 2 N–H and O–H groups in total. The van der Waals surface area contributed by atoms with Gasteiger partial charge < -0.3 is 19.8 Å². The number of carbonyl (C=O) groups excluding carboxylic acids is 1. The van der Waals surface area contributed by atoms with Gasteiger partial charge in [0.05, 0.1) is 5.02 Å². The van der Waals surface area contributed by atoms with E-state index in [0.29, 0.717) is 40.7 Å². The average Bonchev–Trinajstić information content (AvgIpc) is 2.96. The van der Waals surface area contributed by atoms with Crippen LogP contribution < -0.4 is 5.32 Å². The Morgan fingerprint density at radius 3 is 2.88 bits per heavy atom. The molecule has 0 aliphatic carbocycles. The summed E-state index contributed by atoms with van der Waals surface area (Å²) in [6.07, 6.45) is 0. The molecule has 1 unspecified atom stereocenters. The molecule has 1 saturated heterocycles. The molecular formula is C16H16ClN3O4. The molecule has 8 heteroatoms. The summed E-state index contributed by atoms with van der Waals surface area (Å²) in [5.74, 6) is -0.919. The van der Waals surface area contributed by atoms with Crippen LogP contribution in [-0.4, -0.2) is 52.7 Å². The van der Waals surface area contributed by atoms with E-state index in [2.05, 4.69) is 10.5 Å². The first kappa shape index (κ1) is 16.5. The maximum atomic E-state index is 12.9. The summed E-state index contributed by atoms with van der Waals surface area (Å²) in [7, 11) is 0. The number of halogens is 1. The zero-order chi connectivity index (χ0) is 17.3. The quantitative estimate of drug-likeness (QED) is 0.877. The van der Waals surface area contributed by atoms with E-state index in [-0.39, 0.29) is 12.5 Å². The number of benzene rings is 1. The van der Waals surface area contributed by atoms with E-state index < -0.39 is 12.0 Å². The maximum Gasteiger partial charge on any atom is 0.322 e. The summed E-state index contributed by atoms with van der Waals surface area (Å²) < 4.78 is 5.20. The predicted molar refractivity (Wildman–Crippen MR) is 87.0 cm³/mol. The van der Waals surface area contributed by atoms with Crippen molar-refractivity contribution >= 4 is 23.5 Å². The molecular weight excluding hydrogens is 334 g/mol. The van der Waals surface area contributed by atoms with E-state index >= 15 is 0 Å². The standard InChI is InChI=1S/C16H16ClN3O4/c1-9-13(14(19-24-9)10-4-2-3-5-11(10)17)15(21)20-7-6-18-12(8-20)16(22)23/h2-5,12,18H,6-8H2,1H3,(H,22,23). The Bertz CT molecular complexity index is 789. The molecule has 1 aromatic carbocycles. The van der Waals surface area contributed by atoms with Gasteiger partial charge in [-0.15, -0.1) is 0 Å². The molecule has 2 heterocycles. The molecule has 1 fully saturated rings. The van der Waals surface area contributed by atoms with Crippen molar-refractivity contribution in [1.82, 2.24) is 15.4 Å². The molecule has 1 atom stereocenters. The van der Waals surface area contributed by atoms with E-state index in [9.17, 15) is 9.59 Å². The third-order valence-electron chi connectivity index (χ3n) is 3.97. The van der Waals surface area contributed by atoms with Crippen molar-refractivity contribution < 1.29 is 19.2 Å². The molecule has 3 rings (SSSR count). The normalized spacial score (nSPS) is 17.8. The van der Waals surface area contributed by atoms with Gasteiger partial charge in [-0.25, -0.2) is 0 Å². The lowest BCUT2D eigenvalue weighted by molar-refractivity contribution is -0.140. The monoisotopic (exact) mass is 349 g/mol. The molecule has 126 valence electrons. The van der Waals surface area contributed by atoms with Crippen molar-refractivity contribution in [2.24, 2.45) is 0 Å². The van der Waals surface area contributed by atoms with Crippen LogP contribution in [-0.2, 0) is 4.79 Å². The molecule has 0 saturated carbocycles. The smallest absolute Gasteiger partial charge is 0.322 e. The lowest BCUT2D eigenvalue weighted by atomic mass is 10.0. The molecule has 0 radical (unpaired) electrons. The molecule has 0 bridgehead atoms. The van der Waals surface area contributed by atoms with Crippen LogP contribution in [0.15, 0.2) is 28.8 Å². The number of hydrogen-bond acceptors (Lipinski definition) is 5. The minimum Gasteiger partial charge on any atom is -0.480 e. The molecule has 2 aromatic rings. The number of piperazine rings is 1. The number of carboxylic acids is 1. The van der Waals surface area contributed by atoms with Crippen LogP contribution in [0.5, 0.6) is 0 Å². The van der Waals surface area contributed by atoms with Gasteiger partial charge in [-0.2, -0.15) is 0 Å². The minimum atomic E-state index is -0.985. The minimum absolute atomic E-state index is 0.0841. The number of aromatic nitrogens is 1. The third kappa shape index (κ3) is 3.00. The van der Waals surface area contributed by atoms with E-state index in [4.69, 9.17) is 21.2 Å². The second kappa shape index (κ2) is 6.62. The largest absolute Gasteiger partial charge is 0.480 e. The fraction of sp³-hybridized carbons (Fsp3) is 0.312. The molecule has 24 heavy (non-hydrogen) atoms. The summed E-state index contributed by atoms with van der Waals surface area (Å²) in [5, 5.41) is 16.4. The zero-order valence-electron chi connectivity index (χ0n) is 13.0. The summed E-state index contributed by atoms with van der Waals surface area (Å²) >= 11 is 6.20. The van der Waals surface area contributed by atoms with Crippen LogP contribution in [0.25, 0.3) is 11.3 Å². The SMILES string of the molecule is Cc1onc(-c2ccccc2Cl)c1C(=O)N1CCNC(C(=O)O)C1. The number of carboxylic acid groups (broad SMARTS) is 1. The first-order valence-electron chi connectivity index (χ1n) is 7.45. The number of amides is 1. The van der Waals surface area contributed by atoms with Gasteiger partial charge in [-0.3, -0.25) is 9.59 Å². The summed E-state index contributed by atoms with van der Waals surface area (Å²) in [6, 6.07) is 6.26. The number of aryl methyl sites for hydroxylation is 1. The van der Waals surface area contributed by atoms with Crippen molar-refractivity contribution in [2.45, 2.75) is 13.0 Å². The number of hydrogen-bond donors (Lipinski definition) is 2. The van der Waals surface area contributed by atoms with Gasteiger partial charge in [0.1, 0.15) is 23.1 Å². The second-order valence-electron chi connectivity index (χ2n) is 5.54. The van der Waals surface area contributed by atoms with E-state index in [1.807, 2.05) is 0 Å². The second-order valence-corrected chi connectivity index (χ2v) is 5.95. The highest BCUT2D eigenvalue weighted by atomic mass is 35.5. The molecule has 0 spiro atoms. The summed E-state index contributed by atoms with van der Waals surface area (Å²) in [5.41, 5.74) is 1.28. The van der Waals surface area contributed by atoms with Gasteiger partial charge in [0, 0.05) is 25.2 Å². The van der Waals surface area contributed by atoms with Crippen molar-refractivity contribution in [3.8, 4) is 11.3 Å². The zero-order valence-corrected chi connectivity index (χ0v) is 13.7. The maximum absolute atomic E-state index is 12.9. The van der Waals surface area contributed by atoms with E-state index in [1.165, 1.54) is 4.90 Å². The highest BCUT2D eigenvalue weighted by Crippen LogP contribution is 2.31. The van der Waals surface area contributed by atoms with Crippen molar-refractivity contribution in [3.63, 3.8) is 0 Å². The number of nitrogens with zero attached hydrogens (tertiary/aromatic N) is 2. The Balaban J connectivity index is 1.95. The first-order chi connectivity index (χ1) is 11.5. The Hall–Kier alpha value is -2.38. The van der Waals surface area contributed by atoms with Crippen LogP contribution in [0.4, 0.5) is 0 Å². The summed E-state index contributed by atoms with van der Waals surface area (Å²) in [6.45, 7) is 2.56. The van der Waals surface area contributed by atoms with Gasteiger partial charge in [-0.05, 0) is 13.0 Å².